The molecule has 0 radical (unpaired) electrons. The number of pyridine rings is 1. The molecule has 1 N–H and O–H groups in total. The third-order valence-corrected chi connectivity index (χ3v) is 3.20. The SMILES string of the molecule is CCOc1ccc(CNc2ccc(Br)cn2)cc1OC. The van der Waals surface area contributed by atoms with Crippen molar-refractivity contribution in [1.82, 2.24) is 4.98 Å². The minimum atomic E-state index is 0.622. The van der Waals surface area contributed by atoms with E-state index in [2.05, 4.69) is 26.2 Å². The molecule has 0 aliphatic heterocycles. The number of nitrogens with zero attached hydrogens (tertiary/aromatic N) is 1. The summed E-state index contributed by atoms with van der Waals surface area (Å²) >= 11 is 3.36. The summed E-state index contributed by atoms with van der Waals surface area (Å²) in [6.07, 6.45) is 1.76. The Morgan fingerprint density at radius 3 is 2.70 bits per heavy atom. The highest BCUT2D eigenvalue weighted by Crippen LogP contribution is 2.28. The molecule has 0 saturated heterocycles. The zero-order chi connectivity index (χ0) is 14.4. The van der Waals surface area contributed by atoms with Crippen molar-refractivity contribution >= 4 is 21.7 Å². The van der Waals surface area contributed by atoms with Crippen LogP contribution in [0.2, 0.25) is 0 Å². The highest BCUT2D eigenvalue weighted by molar-refractivity contribution is 9.10. The van der Waals surface area contributed by atoms with E-state index < -0.39 is 0 Å². The zero-order valence-corrected chi connectivity index (χ0v) is 13.1. The number of hydrogen-bond donors (Lipinski definition) is 1. The summed E-state index contributed by atoms with van der Waals surface area (Å²) in [5.41, 5.74) is 1.11. The van der Waals surface area contributed by atoms with Gasteiger partial charge in [-0.15, -0.1) is 0 Å². The maximum atomic E-state index is 5.50. The molecule has 0 spiro atoms. The monoisotopic (exact) mass is 336 g/mol. The second-order valence-corrected chi connectivity index (χ2v) is 5.05. The van der Waals surface area contributed by atoms with Crippen LogP contribution in [0, 0.1) is 0 Å². The maximum absolute atomic E-state index is 5.50. The fourth-order valence-corrected chi connectivity index (χ4v) is 2.00. The fraction of sp³-hybridized carbons (Fsp3) is 0.267. The smallest absolute Gasteiger partial charge is 0.161 e. The number of hydrogen-bond acceptors (Lipinski definition) is 4. The van der Waals surface area contributed by atoms with Crippen molar-refractivity contribution in [2.24, 2.45) is 0 Å². The Labute approximate surface area is 127 Å². The number of rotatable bonds is 6. The maximum Gasteiger partial charge on any atom is 0.161 e. The van der Waals surface area contributed by atoms with E-state index in [1.54, 1.807) is 13.3 Å². The Bertz CT molecular complexity index is 558. The number of methoxy groups -OCH3 is 1. The van der Waals surface area contributed by atoms with Gasteiger partial charge in [0, 0.05) is 17.2 Å². The van der Waals surface area contributed by atoms with Crippen molar-refractivity contribution in [2.75, 3.05) is 19.0 Å². The molecule has 0 aliphatic rings. The fourth-order valence-electron chi connectivity index (χ4n) is 1.77. The molecule has 0 amide bonds. The van der Waals surface area contributed by atoms with Gasteiger partial charge in [0.15, 0.2) is 11.5 Å². The number of nitrogens with one attached hydrogen (secondary N) is 1. The molecule has 0 bridgehead atoms. The lowest BCUT2D eigenvalue weighted by atomic mass is 10.2. The summed E-state index contributed by atoms with van der Waals surface area (Å²) in [5, 5.41) is 3.26. The van der Waals surface area contributed by atoms with Crippen LogP contribution in [0.5, 0.6) is 11.5 Å². The lowest BCUT2D eigenvalue weighted by Gasteiger charge is -2.11. The molecule has 0 atom stereocenters. The van der Waals surface area contributed by atoms with Crippen LogP contribution in [0.15, 0.2) is 41.0 Å². The number of ether oxygens (including phenoxy) is 2. The lowest BCUT2D eigenvalue weighted by Crippen LogP contribution is -2.02. The first-order chi connectivity index (χ1) is 9.72. The molecule has 5 heteroatoms. The summed E-state index contributed by atoms with van der Waals surface area (Å²) in [6.45, 7) is 3.25. The number of aromatic nitrogens is 1. The third kappa shape index (κ3) is 3.87. The van der Waals surface area contributed by atoms with Crippen molar-refractivity contribution in [1.29, 1.82) is 0 Å². The van der Waals surface area contributed by atoms with Gasteiger partial charge >= 0.3 is 0 Å². The van der Waals surface area contributed by atoms with Crippen molar-refractivity contribution in [3.63, 3.8) is 0 Å². The van der Waals surface area contributed by atoms with Gasteiger partial charge in [0.05, 0.1) is 13.7 Å². The molecule has 0 fully saturated rings. The van der Waals surface area contributed by atoms with Crippen molar-refractivity contribution in [3.8, 4) is 11.5 Å². The van der Waals surface area contributed by atoms with E-state index in [1.165, 1.54) is 0 Å². The quantitative estimate of drug-likeness (QED) is 0.869. The van der Waals surface area contributed by atoms with Crippen molar-refractivity contribution in [2.45, 2.75) is 13.5 Å². The van der Waals surface area contributed by atoms with Gasteiger partial charge in [0.25, 0.3) is 0 Å². The lowest BCUT2D eigenvalue weighted by molar-refractivity contribution is 0.310. The first-order valence-corrected chi connectivity index (χ1v) is 7.17. The summed E-state index contributed by atoms with van der Waals surface area (Å²) in [6, 6.07) is 9.79. The Morgan fingerprint density at radius 2 is 2.05 bits per heavy atom. The summed E-state index contributed by atoms with van der Waals surface area (Å²) in [4.78, 5) is 4.27. The van der Waals surface area contributed by atoms with E-state index in [4.69, 9.17) is 9.47 Å². The molecule has 2 rings (SSSR count). The minimum Gasteiger partial charge on any atom is -0.493 e. The van der Waals surface area contributed by atoms with Gasteiger partial charge in [-0.1, -0.05) is 6.07 Å². The van der Waals surface area contributed by atoms with E-state index in [1.807, 2.05) is 37.3 Å². The average Bonchev–Trinajstić information content (AvgIpc) is 2.48. The van der Waals surface area contributed by atoms with E-state index >= 15 is 0 Å². The molecule has 0 aliphatic carbocycles. The molecule has 1 aromatic heterocycles. The topological polar surface area (TPSA) is 43.4 Å². The van der Waals surface area contributed by atoms with E-state index in [9.17, 15) is 0 Å². The van der Waals surface area contributed by atoms with Crippen LogP contribution in [0.3, 0.4) is 0 Å². The van der Waals surface area contributed by atoms with Gasteiger partial charge in [0.2, 0.25) is 0 Å². The van der Waals surface area contributed by atoms with Crippen LogP contribution < -0.4 is 14.8 Å². The summed E-state index contributed by atoms with van der Waals surface area (Å²) in [7, 11) is 1.64. The highest BCUT2D eigenvalue weighted by Gasteiger charge is 2.05. The van der Waals surface area contributed by atoms with Gasteiger partial charge in [-0.05, 0) is 52.7 Å². The van der Waals surface area contributed by atoms with Crippen LogP contribution in [0.4, 0.5) is 5.82 Å². The average molecular weight is 337 g/mol. The first kappa shape index (κ1) is 14.7. The van der Waals surface area contributed by atoms with Crippen molar-refractivity contribution < 1.29 is 9.47 Å². The molecule has 106 valence electrons. The number of benzene rings is 1. The molecular formula is C15H17BrN2O2. The van der Waals surface area contributed by atoms with Gasteiger partial charge < -0.3 is 14.8 Å². The first-order valence-electron chi connectivity index (χ1n) is 6.38. The predicted octanol–water partition coefficient (Wildman–Crippen LogP) is 3.86. The minimum absolute atomic E-state index is 0.622. The second-order valence-electron chi connectivity index (χ2n) is 4.13. The normalized spacial score (nSPS) is 10.2. The zero-order valence-electron chi connectivity index (χ0n) is 11.5. The van der Waals surface area contributed by atoms with Crippen LogP contribution in [0.1, 0.15) is 12.5 Å². The third-order valence-electron chi connectivity index (χ3n) is 2.73. The number of halogens is 1. The molecule has 4 nitrogen and oxygen atoms in total. The molecule has 2 aromatic rings. The highest BCUT2D eigenvalue weighted by atomic mass is 79.9. The van der Waals surface area contributed by atoms with Gasteiger partial charge in [-0.2, -0.15) is 0 Å². The van der Waals surface area contributed by atoms with E-state index in [0.717, 1.165) is 27.4 Å². The van der Waals surface area contributed by atoms with E-state index in [-0.39, 0.29) is 0 Å². The van der Waals surface area contributed by atoms with Crippen LogP contribution >= 0.6 is 15.9 Å². The molecule has 1 aromatic carbocycles. The molecule has 1 heterocycles. The second kappa shape index (κ2) is 7.14. The predicted molar refractivity (Wildman–Crippen MR) is 83.4 cm³/mol. The molecule has 0 saturated carbocycles. The Balaban J connectivity index is 2.04. The summed E-state index contributed by atoms with van der Waals surface area (Å²) < 4.78 is 11.8. The molecule has 20 heavy (non-hydrogen) atoms. The van der Waals surface area contributed by atoms with Crippen LogP contribution in [-0.4, -0.2) is 18.7 Å². The van der Waals surface area contributed by atoms with Crippen LogP contribution in [0.25, 0.3) is 0 Å². The van der Waals surface area contributed by atoms with Gasteiger partial charge in [-0.25, -0.2) is 4.98 Å². The van der Waals surface area contributed by atoms with Gasteiger partial charge in [0.1, 0.15) is 5.82 Å². The molecule has 0 unspecified atom stereocenters. The number of anilines is 1. The Morgan fingerprint density at radius 1 is 1.20 bits per heavy atom. The molecular weight excluding hydrogens is 320 g/mol. The Kier molecular flexibility index (Phi) is 5.24. The standard InChI is InChI=1S/C15H17BrN2O2/c1-3-20-13-6-4-11(8-14(13)19-2)9-17-15-7-5-12(16)10-18-15/h4-8,10H,3,9H2,1-2H3,(H,17,18). The van der Waals surface area contributed by atoms with Crippen LogP contribution in [-0.2, 0) is 6.54 Å². The summed E-state index contributed by atoms with van der Waals surface area (Å²) in [5.74, 6) is 2.34. The largest absolute Gasteiger partial charge is 0.493 e. The Hall–Kier alpha value is -1.75. The van der Waals surface area contributed by atoms with Crippen molar-refractivity contribution in [3.05, 3.63) is 46.6 Å². The van der Waals surface area contributed by atoms with E-state index in [0.29, 0.717) is 13.2 Å². The van der Waals surface area contributed by atoms with Gasteiger partial charge in [-0.3, -0.25) is 0 Å².